The smallest absolute Gasteiger partial charge is 0.0641 e. The number of aromatic nitrogens is 2. The minimum absolute atomic E-state index is 0.224. The van der Waals surface area contributed by atoms with Crippen LogP contribution >= 0.6 is 0 Å². The van der Waals surface area contributed by atoms with Crippen molar-refractivity contribution in [1.29, 1.82) is 0 Å². The van der Waals surface area contributed by atoms with E-state index in [1.165, 1.54) is 17.0 Å². The predicted octanol–water partition coefficient (Wildman–Crippen LogP) is 1.22. The highest BCUT2D eigenvalue weighted by molar-refractivity contribution is 5.24. The van der Waals surface area contributed by atoms with Crippen molar-refractivity contribution in [2.24, 2.45) is 7.05 Å². The highest BCUT2D eigenvalue weighted by atomic mass is 15.3. The largest absolute Gasteiger partial charge is 0.309 e. The molecule has 0 aromatic carbocycles. The zero-order chi connectivity index (χ0) is 12.6. The van der Waals surface area contributed by atoms with Gasteiger partial charge in [-0.2, -0.15) is 5.10 Å². The van der Waals surface area contributed by atoms with Gasteiger partial charge in [-0.25, -0.2) is 0 Å². The van der Waals surface area contributed by atoms with Crippen molar-refractivity contribution in [1.82, 2.24) is 20.0 Å². The summed E-state index contributed by atoms with van der Waals surface area (Å²) in [5.41, 5.74) is 4.08. The first-order valence-electron chi connectivity index (χ1n) is 6.35. The number of hydrogen-bond donors (Lipinski definition) is 1. The van der Waals surface area contributed by atoms with E-state index in [4.69, 9.17) is 0 Å². The van der Waals surface area contributed by atoms with E-state index in [-0.39, 0.29) is 5.54 Å². The molecular formula is C13H24N4. The van der Waals surface area contributed by atoms with E-state index in [9.17, 15) is 0 Å². The molecule has 1 fully saturated rings. The van der Waals surface area contributed by atoms with E-state index in [2.05, 4.69) is 43.0 Å². The van der Waals surface area contributed by atoms with E-state index >= 15 is 0 Å². The number of aryl methyl sites for hydroxylation is 2. The van der Waals surface area contributed by atoms with Gasteiger partial charge in [0.05, 0.1) is 5.69 Å². The molecule has 96 valence electrons. The quantitative estimate of drug-likeness (QED) is 0.838. The maximum absolute atomic E-state index is 4.49. The third-order valence-electron chi connectivity index (χ3n) is 3.69. The second-order valence-corrected chi connectivity index (χ2v) is 5.79. The van der Waals surface area contributed by atoms with Crippen LogP contribution < -0.4 is 5.32 Å². The lowest BCUT2D eigenvalue weighted by Gasteiger charge is -2.39. The zero-order valence-corrected chi connectivity index (χ0v) is 11.7. The maximum atomic E-state index is 4.49. The summed E-state index contributed by atoms with van der Waals surface area (Å²) < 4.78 is 1.98. The molecular weight excluding hydrogens is 212 g/mol. The fourth-order valence-corrected chi connectivity index (χ4v) is 2.65. The minimum Gasteiger partial charge on any atom is -0.309 e. The first-order chi connectivity index (χ1) is 7.89. The van der Waals surface area contributed by atoms with E-state index < -0.39 is 0 Å². The SMILES string of the molecule is Cc1nn(C)c(C)c1CN1CCNC(C)(C)C1. The molecule has 1 aromatic rings. The molecule has 1 aliphatic rings. The first kappa shape index (κ1) is 12.6. The molecule has 4 nitrogen and oxygen atoms in total. The van der Waals surface area contributed by atoms with Crippen molar-refractivity contribution in [2.45, 2.75) is 39.8 Å². The van der Waals surface area contributed by atoms with Crippen molar-refractivity contribution < 1.29 is 0 Å². The molecule has 1 aliphatic heterocycles. The molecule has 0 aliphatic carbocycles. The van der Waals surface area contributed by atoms with Crippen LogP contribution in [-0.2, 0) is 13.6 Å². The Kier molecular flexibility index (Phi) is 3.27. The Morgan fingerprint density at radius 3 is 2.59 bits per heavy atom. The summed E-state index contributed by atoms with van der Waals surface area (Å²) >= 11 is 0. The Morgan fingerprint density at radius 2 is 2.06 bits per heavy atom. The average molecular weight is 236 g/mol. The number of hydrogen-bond acceptors (Lipinski definition) is 3. The number of rotatable bonds is 2. The van der Waals surface area contributed by atoms with Crippen LogP contribution in [0.15, 0.2) is 0 Å². The Labute approximate surface area is 104 Å². The maximum Gasteiger partial charge on any atom is 0.0641 e. The molecule has 0 saturated carbocycles. The normalized spacial score (nSPS) is 20.8. The molecule has 1 saturated heterocycles. The van der Waals surface area contributed by atoms with E-state index in [0.717, 1.165) is 26.2 Å². The highest BCUT2D eigenvalue weighted by Gasteiger charge is 2.26. The number of piperazine rings is 1. The molecule has 0 spiro atoms. The summed E-state index contributed by atoms with van der Waals surface area (Å²) in [7, 11) is 2.02. The third kappa shape index (κ3) is 2.69. The van der Waals surface area contributed by atoms with Gasteiger partial charge < -0.3 is 5.32 Å². The van der Waals surface area contributed by atoms with E-state index in [1.54, 1.807) is 0 Å². The summed E-state index contributed by atoms with van der Waals surface area (Å²) in [5, 5.41) is 8.03. The van der Waals surface area contributed by atoms with Gasteiger partial charge >= 0.3 is 0 Å². The van der Waals surface area contributed by atoms with Crippen LogP contribution in [-0.4, -0.2) is 39.9 Å². The van der Waals surface area contributed by atoms with Crippen LogP contribution in [0.2, 0.25) is 0 Å². The summed E-state index contributed by atoms with van der Waals surface area (Å²) in [6, 6.07) is 0. The standard InChI is InChI=1S/C13H24N4/c1-10-12(11(2)16(5)15-10)8-17-7-6-14-13(3,4)9-17/h14H,6-9H2,1-5H3. The zero-order valence-electron chi connectivity index (χ0n) is 11.7. The van der Waals surface area contributed by atoms with Crippen LogP contribution in [0.25, 0.3) is 0 Å². The van der Waals surface area contributed by atoms with Gasteiger partial charge in [0.1, 0.15) is 0 Å². The van der Waals surface area contributed by atoms with Crippen molar-refractivity contribution in [3.05, 3.63) is 17.0 Å². The minimum atomic E-state index is 0.224. The Bertz CT molecular complexity index is 406. The lowest BCUT2D eigenvalue weighted by Crippen LogP contribution is -2.56. The Hall–Kier alpha value is -0.870. The highest BCUT2D eigenvalue weighted by Crippen LogP contribution is 2.18. The molecule has 0 radical (unpaired) electrons. The average Bonchev–Trinajstić information content (AvgIpc) is 2.44. The van der Waals surface area contributed by atoms with Gasteiger partial charge in [-0.05, 0) is 27.7 Å². The Morgan fingerprint density at radius 1 is 1.35 bits per heavy atom. The topological polar surface area (TPSA) is 33.1 Å². The van der Waals surface area contributed by atoms with Gasteiger partial charge in [-0.1, -0.05) is 0 Å². The second kappa shape index (κ2) is 4.42. The second-order valence-electron chi connectivity index (χ2n) is 5.79. The van der Waals surface area contributed by atoms with Crippen molar-refractivity contribution in [3.8, 4) is 0 Å². The lowest BCUT2D eigenvalue weighted by atomic mass is 10.0. The van der Waals surface area contributed by atoms with Gasteiger partial charge in [-0.3, -0.25) is 9.58 Å². The van der Waals surface area contributed by atoms with Crippen LogP contribution in [0.5, 0.6) is 0 Å². The van der Waals surface area contributed by atoms with Crippen molar-refractivity contribution in [3.63, 3.8) is 0 Å². The predicted molar refractivity (Wildman–Crippen MR) is 70.0 cm³/mol. The van der Waals surface area contributed by atoms with Crippen molar-refractivity contribution >= 4 is 0 Å². The molecule has 1 N–H and O–H groups in total. The molecule has 0 amide bonds. The van der Waals surface area contributed by atoms with Crippen LogP contribution in [0.4, 0.5) is 0 Å². The summed E-state index contributed by atoms with van der Waals surface area (Å²) in [6.07, 6.45) is 0. The fraction of sp³-hybridized carbons (Fsp3) is 0.769. The molecule has 0 bridgehead atoms. The molecule has 4 heteroatoms. The molecule has 0 unspecified atom stereocenters. The van der Waals surface area contributed by atoms with Gasteiger partial charge in [0.25, 0.3) is 0 Å². The molecule has 2 rings (SSSR count). The fourth-order valence-electron chi connectivity index (χ4n) is 2.65. The molecule has 1 aromatic heterocycles. The summed E-state index contributed by atoms with van der Waals surface area (Å²) in [4.78, 5) is 2.52. The van der Waals surface area contributed by atoms with E-state index in [1.807, 2.05) is 11.7 Å². The lowest BCUT2D eigenvalue weighted by molar-refractivity contribution is 0.148. The number of nitrogens with one attached hydrogen (secondary N) is 1. The van der Waals surface area contributed by atoms with Gasteiger partial charge in [0, 0.05) is 50.0 Å². The first-order valence-corrected chi connectivity index (χ1v) is 6.35. The summed E-state index contributed by atoms with van der Waals surface area (Å²) in [6.45, 7) is 13.1. The Balaban J connectivity index is 2.10. The monoisotopic (exact) mass is 236 g/mol. The van der Waals surface area contributed by atoms with Gasteiger partial charge in [-0.15, -0.1) is 0 Å². The van der Waals surface area contributed by atoms with Crippen LogP contribution in [0.3, 0.4) is 0 Å². The van der Waals surface area contributed by atoms with Crippen LogP contribution in [0, 0.1) is 13.8 Å². The summed E-state index contributed by atoms with van der Waals surface area (Å²) in [5.74, 6) is 0. The third-order valence-corrected chi connectivity index (χ3v) is 3.69. The van der Waals surface area contributed by atoms with E-state index in [0.29, 0.717) is 0 Å². The van der Waals surface area contributed by atoms with Gasteiger partial charge in [0.15, 0.2) is 0 Å². The van der Waals surface area contributed by atoms with Gasteiger partial charge in [0.2, 0.25) is 0 Å². The number of nitrogens with zero attached hydrogens (tertiary/aromatic N) is 3. The molecule has 17 heavy (non-hydrogen) atoms. The van der Waals surface area contributed by atoms with Crippen LogP contribution in [0.1, 0.15) is 30.8 Å². The van der Waals surface area contributed by atoms with Crippen molar-refractivity contribution in [2.75, 3.05) is 19.6 Å². The molecule has 0 atom stereocenters. The molecule has 2 heterocycles.